The molecular formula is C12H19N5S. The van der Waals surface area contributed by atoms with Gasteiger partial charge in [0, 0.05) is 42.4 Å². The van der Waals surface area contributed by atoms with Gasteiger partial charge in [-0.2, -0.15) is 4.37 Å². The zero-order valence-electron chi connectivity index (χ0n) is 11.1. The lowest BCUT2D eigenvalue weighted by Gasteiger charge is -2.12. The molecule has 0 spiro atoms. The molecule has 0 atom stereocenters. The van der Waals surface area contributed by atoms with Gasteiger partial charge in [0.05, 0.1) is 6.33 Å². The lowest BCUT2D eigenvalue weighted by Crippen LogP contribution is -2.13. The summed E-state index contributed by atoms with van der Waals surface area (Å²) in [6, 6.07) is 0. The second-order valence-electron chi connectivity index (χ2n) is 5.25. The van der Waals surface area contributed by atoms with Crippen LogP contribution in [0.2, 0.25) is 0 Å². The van der Waals surface area contributed by atoms with Crippen LogP contribution in [0.25, 0.3) is 0 Å². The molecule has 0 saturated carbocycles. The summed E-state index contributed by atoms with van der Waals surface area (Å²) in [5, 5.41) is 4.22. The predicted molar refractivity (Wildman–Crippen MR) is 73.9 cm³/mol. The molecule has 0 fully saturated rings. The van der Waals surface area contributed by atoms with Crippen LogP contribution in [0.1, 0.15) is 33.0 Å². The van der Waals surface area contributed by atoms with E-state index < -0.39 is 0 Å². The fourth-order valence-electron chi connectivity index (χ4n) is 1.48. The fourth-order valence-corrected chi connectivity index (χ4v) is 2.26. The highest BCUT2D eigenvalue weighted by Gasteiger charge is 2.19. The van der Waals surface area contributed by atoms with Gasteiger partial charge in [-0.3, -0.25) is 0 Å². The first kappa shape index (κ1) is 13.0. The molecule has 98 valence electrons. The molecule has 0 amide bonds. The molecule has 0 radical (unpaired) electrons. The Morgan fingerprint density at radius 3 is 2.83 bits per heavy atom. The van der Waals surface area contributed by atoms with Gasteiger partial charge in [0.1, 0.15) is 5.82 Å². The maximum atomic E-state index is 4.49. The van der Waals surface area contributed by atoms with E-state index in [1.165, 1.54) is 11.5 Å². The number of aryl methyl sites for hydroxylation is 1. The molecule has 0 aliphatic carbocycles. The largest absolute Gasteiger partial charge is 0.360 e. The Kier molecular flexibility index (Phi) is 3.96. The normalized spacial score (nSPS) is 11.7. The van der Waals surface area contributed by atoms with Crippen molar-refractivity contribution < 1.29 is 0 Å². The molecule has 2 heterocycles. The van der Waals surface area contributed by atoms with Crippen LogP contribution >= 0.6 is 11.5 Å². The second kappa shape index (κ2) is 5.48. The lowest BCUT2D eigenvalue weighted by molar-refractivity contribution is 0.555. The molecule has 0 aliphatic rings. The lowest BCUT2D eigenvalue weighted by atomic mass is 9.96. The van der Waals surface area contributed by atoms with Crippen LogP contribution in [0.3, 0.4) is 0 Å². The summed E-state index contributed by atoms with van der Waals surface area (Å²) >= 11 is 1.43. The van der Waals surface area contributed by atoms with E-state index in [0.717, 1.165) is 30.5 Å². The number of hydrogen-bond acceptors (Lipinski definition) is 5. The van der Waals surface area contributed by atoms with Gasteiger partial charge in [-0.1, -0.05) is 20.8 Å². The van der Waals surface area contributed by atoms with Crippen LogP contribution in [0, 0.1) is 0 Å². The third kappa shape index (κ3) is 3.53. The third-order valence-electron chi connectivity index (χ3n) is 2.53. The summed E-state index contributed by atoms with van der Waals surface area (Å²) in [4.78, 5) is 8.50. The summed E-state index contributed by atoms with van der Waals surface area (Å²) in [5.41, 5.74) is 0.0211. The summed E-state index contributed by atoms with van der Waals surface area (Å²) < 4.78 is 6.44. The molecule has 0 unspecified atom stereocenters. The van der Waals surface area contributed by atoms with E-state index in [1.54, 1.807) is 6.20 Å². The number of imidazole rings is 1. The van der Waals surface area contributed by atoms with Crippen molar-refractivity contribution in [3.63, 3.8) is 0 Å². The highest BCUT2D eigenvalue weighted by atomic mass is 32.1. The average molecular weight is 265 g/mol. The molecule has 2 aromatic rings. The van der Waals surface area contributed by atoms with Gasteiger partial charge in [0.25, 0.3) is 0 Å². The van der Waals surface area contributed by atoms with Crippen LogP contribution in [0.15, 0.2) is 18.7 Å². The number of nitrogens with one attached hydrogen (secondary N) is 1. The Morgan fingerprint density at radius 1 is 1.39 bits per heavy atom. The first-order valence-corrected chi connectivity index (χ1v) is 6.87. The maximum Gasteiger partial charge on any atom is 0.202 e. The zero-order chi connectivity index (χ0) is 13.0. The first-order valence-electron chi connectivity index (χ1n) is 6.09. The molecule has 2 rings (SSSR count). The van der Waals surface area contributed by atoms with Crippen molar-refractivity contribution in [1.82, 2.24) is 18.9 Å². The van der Waals surface area contributed by atoms with E-state index in [4.69, 9.17) is 0 Å². The number of rotatable bonds is 5. The van der Waals surface area contributed by atoms with Crippen LogP contribution in [0.5, 0.6) is 0 Å². The monoisotopic (exact) mass is 265 g/mol. The van der Waals surface area contributed by atoms with Gasteiger partial charge in [-0.15, -0.1) is 0 Å². The summed E-state index contributed by atoms with van der Waals surface area (Å²) in [7, 11) is 0. The van der Waals surface area contributed by atoms with Crippen LogP contribution in [-0.2, 0) is 12.0 Å². The molecule has 2 aromatic heterocycles. The highest BCUT2D eigenvalue weighted by molar-refractivity contribution is 7.09. The predicted octanol–water partition coefficient (Wildman–Crippen LogP) is 2.53. The molecule has 0 saturated heterocycles. The highest BCUT2D eigenvalue weighted by Crippen LogP contribution is 2.22. The minimum Gasteiger partial charge on any atom is -0.360 e. The van der Waals surface area contributed by atoms with Gasteiger partial charge in [0.15, 0.2) is 0 Å². The van der Waals surface area contributed by atoms with E-state index in [2.05, 4.69) is 45.0 Å². The molecule has 1 N–H and O–H groups in total. The SMILES string of the molecule is CC(C)(C)c1nsc(NCCCn2ccnc2)n1. The maximum absolute atomic E-state index is 4.49. The van der Waals surface area contributed by atoms with Crippen molar-refractivity contribution in [1.29, 1.82) is 0 Å². The number of nitrogens with zero attached hydrogens (tertiary/aromatic N) is 4. The summed E-state index contributed by atoms with van der Waals surface area (Å²) in [6.07, 6.45) is 6.65. The minimum absolute atomic E-state index is 0.0211. The zero-order valence-corrected chi connectivity index (χ0v) is 11.9. The third-order valence-corrected chi connectivity index (χ3v) is 3.20. The molecule has 0 bridgehead atoms. The molecule has 5 nitrogen and oxygen atoms in total. The van der Waals surface area contributed by atoms with Crippen LogP contribution < -0.4 is 5.32 Å². The van der Waals surface area contributed by atoms with E-state index in [0.29, 0.717) is 0 Å². The van der Waals surface area contributed by atoms with Crippen LogP contribution in [0.4, 0.5) is 5.13 Å². The first-order chi connectivity index (χ1) is 8.55. The molecule has 18 heavy (non-hydrogen) atoms. The Labute approximate surface area is 111 Å². The van der Waals surface area contributed by atoms with E-state index in [-0.39, 0.29) is 5.41 Å². The number of aromatic nitrogens is 4. The molecular weight excluding hydrogens is 246 g/mol. The Balaban J connectivity index is 1.75. The van der Waals surface area contributed by atoms with Crippen molar-refractivity contribution in [2.24, 2.45) is 0 Å². The molecule has 6 heteroatoms. The Morgan fingerprint density at radius 2 is 2.22 bits per heavy atom. The van der Waals surface area contributed by atoms with Crippen molar-refractivity contribution in [2.45, 2.75) is 39.2 Å². The molecule has 0 aliphatic heterocycles. The minimum atomic E-state index is 0.0211. The topological polar surface area (TPSA) is 55.6 Å². The smallest absolute Gasteiger partial charge is 0.202 e. The van der Waals surface area contributed by atoms with Gasteiger partial charge in [-0.05, 0) is 6.42 Å². The number of hydrogen-bond donors (Lipinski definition) is 1. The fraction of sp³-hybridized carbons (Fsp3) is 0.583. The van der Waals surface area contributed by atoms with E-state index in [9.17, 15) is 0 Å². The van der Waals surface area contributed by atoms with Crippen molar-refractivity contribution >= 4 is 16.7 Å². The quantitative estimate of drug-likeness (QED) is 0.844. The average Bonchev–Trinajstić information content (AvgIpc) is 2.95. The Hall–Kier alpha value is -1.43. The van der Waals surface area contributed by atoms with Crippen molar-refractivity contribution in [2.75, 3.05) is 11.9 Å². The standard InChI is InChI=1S/C12H19N5S/c1-12(2,3)10-15-11(18-16-10)14-5-4-7-17-8-6-13-9-17/h6,8-9H,4-5,7H2,1-3H3,(H,14,15,16). The molecule has 0 aromatic carbocycles. The van der Waals surface area contributed by atoms with Crippen molar-refractivity contribution in [3.8, 4) is 0 Å². The summed E-state index contributed by atoms with van der Waals surface area (Å²) in [6.45, 7) is 8.24. The summed E-state index contributed by atoms with van der Waals surface area (Å²) in [5.74, 6) is 0.907. The van der Waals surface area contributed by atoms with E-state index >= 15 is 0 Å². The van der Waals surface area contributed by atoms with Crippen LogP contribution in [-0.4, -0.2) is 25.5 Å². The van der Waals surface area contributed by atoms with Crippen molar-refractivity contribution in [3.05, 3.63) is 24.5 Å². The van der Waals surface area contributed by atoms with Gasteiger partial charge in [-0.25, -0.2) is 9.97 Å². The number of anilines is 1. The Bertz CT molecular complexity index is 469. The van der Waals surface area contributed by atoms with Gasteiger partial charge < -0.3 is 9.88 Å². The van der Waals surface area contributed by atoms with Gasteiger partial charge >= 0.3 is 0 Å². The van der Waals surface area contributed by atoms with Gasteiger partial charge in [0.2, 0.25) is 5.13 Å². The second-order valence-corrected chi connectivity index (χ2v) is 6.01. The van der Waals surface area contributed by atoms with E-state index in [1.807, 2.05) is 12.5 Å².